The van der Waals surface area contributed by atoms with Crippen LogP contribution < -0.4 is 10.2 Å². The van der Waals surface area contributed by atoms with Gasteiger partial charge >= 0.3 is 5.97 Å². The van der Waals surface area contributed by atoms with Crippen LogP contribution in [0.15, 0.2) is 35.7 Å². The highest BCUT2D eigenvalue weighted by Gasteiger charge is 2.45. The molecule has 1 amide bonds. The lowest BCUT2D eigenvalue weighted by molar-refractivity contribution is -0.147. The van der Waals surface area contributed by atoms with Crippen molar-refractivity contribution < 1.29 is 22.7 Å². The van der Waals surface area contributed by atoms with Crippen molar-refractivity contribution in [1.82, 2.24) is 9.62 Å². The molecule has 0 radical (unpaired) electrons. The highest BCUT2D eigenvalue weighted by atomic mass is 35.5. The molecule has 1 aromatic carbocycles. The minimum absolute atomic E-state index is 0. The normalized spacial score (nSPS) is 19.0. The fourth-order valence-corrected chi connectivity index (χ4v) is 7.23. The lowest BCUT2D eigenvalue weighted by Gasteiger charge is -2.30. The number of halogens is 2. The Morgan fingerprint density at radius 3 is 2.81 bits per heavy atom. The van der Waals surface area contributed by atoms with E-state index < -0.39 is 28.1 Å². The van der Waals surface area contributed by atoms with Crippen LogP contribution in [0.5, 0.6) is 0 Å². The number of rotatable bonds is 8. The van der Waals surface area contributed by atoms with Gasteiger partial charge in [0.2, 0.25) is 15.9 Å². The maximum atomic E-state index is 13.6. The molecule has 0 aliphatic carbocycles. The maximum Gasteiger partial charge on any atom is 0.324 e. The standard InChI is InChI=1S/C25H30ClN3O5S2.ClH/c1-3-34-25(31)17(2)29(36(32,33)14-11-21-8-9-23(26)35-21)22-10-13-28(24(22)30)20-7-6-19-16-27-12-4-5-18(19)15-20;/h6-9,11,14-15,17,22,27H,3-5,10,12-13,16H2,1-2H3;1H/b14-11+;/t17?,22-;/m0./s1. The van der Waals surface area contributed by atoms with Crippen molar-refractivity contribution in [2.45, 2.75) is 51.7 Å². The highest BCUT2D eigenvalue weighted by molar-refractivity contribution is 7.92. The fourth-order valence-electron chi connectivity index (χ4n) is 4.65. The van der Waals surface area contributed by atoms with Crippen molar-refractivity contribution in [3.05, 3.63) is 56.1 Å². The molecule has 2 aliphatic heterocycles. The number of benzene rings is 1. The Morgan fingerprint density at radius 1 is 1.32 bits per heavy atom. The van der Waals surface area contributed by atoms with Gasteiger partial charge in [0.1, 0.15) is 12.1 Å². The number of ether oxygens (including phenoxy) is 1. The summed E-state index contributed by atoms with van der Waals surface area (Å²) in [4.78, 5) is 28.5. The topological polar surface area (TPSA) is 96.0 Å². The average Bonchev–Trinajstić information content (AvgIpc) is 3.34. The maximum absolute atomic E-state index is 13.6. The number of fused-ring (bicyclic) bond motifs is 1. The summed E-state index contributed by atoms with van der Waals surface area (Å²) < 4.78 is 33.6. The summed E-state index contributed by atoms with van der Waals surface area (Å²) in [5.41, 5.74) is 3.14. The van der Waals surface area contributed by atoms with Crippen molar-refractivity contribution >= 4 is 69.0 Å². The Kier molecular flexibility index (Phi) is 10.2. The molecule has 1 fully saturated rings. The van der Waals surface area contributed by atoms with Gasteiger partial charge in [0.25, 0.3) is 0 Å². The van der Waals surface area contributed by atoms with Gasteiger partial charge in [-0.05, 0) is 81.1 Å². The number of carbonyl (C=O) groups is 2. The summed E-state index contributed by atoms with van der Waals surface area (Å²) in [6.45, 7) is 5.30. The van der Waals surface area contributed by atoms with Crippen LogP contribution >= 0.6 is 35.3 Å². The molecule has 1 N–H and O–H groups in total. The molecule has 2 atom stereocenters. The Labute approximate surface area is 233 Å². The van der Waals surface area contributed by atoms with Gasteiger partial charge in [-0.1, -0.05) is 17.7 Å². The van der Waals surface area contributed by atoms with E-state index in [-0.39, 0.29) is 31.3 Å². The summed E-state index contributed by atoms with van der Waals surface area (Å²) in [5, 5.41) is 4.41. The Morgan fingerprint density at radius 2 is 2.11 bits per heavy atom. The smallest absolute Gasteiger partial charge is 0.324 e. The number of amides is 1. The SMILES string of the molecule is CCOC(=O)C(C)N([C@H]1CCN(c2ccc3c(c2)CCCNC3)C1=O)S(=O)(=O)/C=C/c1ccc(Cl)s1.Cl. The van der Waals surface area contributed by atoms with E-state index in [2.05, 4.69) is 5.32 Å². The molecule has 0 saturated carbocycles. The molecule has 12 heteroatoms. The number of nitrogens with zero attached hydrogens (tertiary/aromatic N) is 2. The van der Waals surface area contributed by atoms with Crippen molar-refractivity contribution in [3.8, 4) is 0 Å². The van der Waals surface area contributed by atoms with Crippen molar-refractivity contribution in [2.24, 2.45) is 0 Å². The van der Waals surface area contributed by atoms with Crippen LogP contribution in [0.3, 0.4) is 0 Å². The highest BCUT2D eigenvalue weighted by Crippen LogP contribution is 2.31. The predicted molar refractivity (Wildman–Crippen MR) is 150 cm³/mol. The molecule has 2 aliphatic rings. The molecule has 0 spiro atoms. The largest absolute Gasteiger partial charge is 0.465 e. The predicted octanol–water partition coefficient (Wildman–Crippen LogP) is 4.22. The van der Waals surface area contributed by atoms with Crippen LogP contribution in [0.2, 0.25) is 4.34 Å². The Balaban J connectivity index is 0.00000380. The number of hydrogen-bond acceptors (Lipinski definition) is 7. The van der Waals surface area contributed by atoms with Gasteiger partial charge in [-0.3, -0.25) is 9.59 Å². The second kappa shape index (κ2) is 12.7. The lowest BCUT2D eigenvalue weighted by Crippen LogP contribution is -2.52. The molecule has 4 rings (SSSR count). The first-order valence-electron chi connectivity index (χ1n) is 12.0. The number of hydrogen-bond donors (Lipinski definition) is 1. The van der Waals surface area contributed by atoms with E-state index >= 15 is 0 Å². The van der Waals surface area contributed by atoms with Gasteiger partial charge in [-0.2, -0.15) is 4.31 Å². The number of carbonyl (C=O) groups excluding carboxylic acids is 2. The van der Waals surface area contributed by atoms with E-state index in [9.17, 15) is 18.0 Å². The third-order valence-electron chi connectivity index (χ3n) is 6.40. The quantitative estimate of drug-likeness (QED) is 0.464. The van der Waals surface area contributed by atoms with Crippen molar-refractivity contribution in [2.75, 3.05) is 24.6 Å². The second-order valence-corrected chi connectivity index (χ2v) is 12.2. The molecular formula is C25H31Cl2N3O5S2. The monoisotopic (exact) mass is 587 g/mol. The number of thiophene rings is 1. The third kappa shape index (κ3) is 6.74. The van der Waals surface area contributed by atoms with Crippen molar-refractivity contribution in [3.63, 3.8) is 0 Å². The molecule has 202 valence electrons. The van der Waals surface area contributed by atoms with Crippen LogP contribution in [0, 0.1) is 0 Å². The van der Waals surface area contributed by atoms with E-state index in [0.717, 1.165) is 41.3 Å². The molecule has 0 bridgehead atoms. The number of sulfonamides is 1. The van der Waals surface area contributed by atoms with E-state index in [1.807, 2.05) is 18.2 Å². The van der Waals surface area contributed by atoms with Crippen LogP contribution in [-0.2, 0) is 37.3 Å². The fraction of sp³-hybridized carbons (Fsp3) is 0.440. The van der Waals surface area contributed by atoms with E-state index in [0.29, 0.717) is 15.8 Å². The van der Waals surface area contributed by atoms with Crippen LogP contribution in [0.4, 0.5) is 5.69 Å². The molecular weight excluding hydrogens is 557 g/mol. The molecule has 3 heterocycles. The summed E-state index contributed by atoms with van der Waals surface area (Å²) in [7, 11) is -4.16. The van der Waals surface area contributed by atoms with Crippen LogP contribution in [0.1, 0.15) is 42.7 Å². The zero-order valence-electron chi connectivity index (χ0n) is 20.7. The van der Waals surface area contributed by atoms with E-state index in [1.54, 1.807) is 24.0 Å². The first-order valence-corrected chi connectivity index (χ1v) is 14.7. The van der Waals surface area contributed by atoms with Crippen LogP contribution in [-0.4, -0.2) is 56.4 Å². The summed E-state index contributed by atoms with van der Waals surface area (Å²) in [5.74, 6) is -1.05. The van der Waals surface area contributed by atoms with Gasteiger partial charge in [-0.25, -0.2) is 8.42 Å². The van der Waals surface area contributed by atoms with E-state index in [4.69, 9.17) is 16.3 Å². The zero-order valence-corrected chi connectivity index (χ0v) is 23.9. The van der Waals surface area contributed by atoms with E-state index in [1.165, 1.54) is 35.5 Å². The number of aryl methyl sites for hydroxylation is 1. The molecule has 1 unspecified atom stereocenters. The number of esters is 1. The first kappa shape index (κ1) is 29.6. The molecule has 1 aromatic heterocycles. The third-order valence-corrected chi connectivity index (χ3v) is 9.24. The average molecular weight is 589 g/mol. The number of anilines is 1. The molecule has 8 nitrogen and oxygen atoms in total. The Hall–Kier alpha value is -1.95. The van der Waals surface area contributed by atoms with Gasteiger partial charge < -0.3 is 15.0 Å². The first-order chi connectivity index (χ1) is 17.2. The molecule has 1 saturated heterocycles. The van der Waals surface area contributed by atoms with Gasteiger partial charge in [0.05, 0.1) is 10.9 Å². The minimum Gasteiger partial charge on any atom is -0.465 e. The second-order valence-electron chi connectivity index (χ2n) is 8.78. The summed E-state index contributed by atoms with van der Waals surface area (Å²) >= 11 is 7.19. The summed E-state index contributed by atoms with van der Waals surface area (Å²) in [6, 6.07) is 7.14. The minimum atomic E-state index is -4.16. The molecule has 37 heavy (non-hydrogen) atoms. The van der Waals surface area contributed by atoms with Gasteiger partial charge in [0, 0.05) is 29.1 Å². The number of nitrogens with one attached hydrogen (secondary N) is 1. The van der Waals surface area contributed by atoms with Gasteiger partial charge in [-0.15, -0.1) is 23.7 Å². The zero-order chi connectivity index (χ0) is 25.9. The Bertz CT molecular complexity index is 1260. The lowest BCUT2D eigenvalue weighted by atomic mass is 10.0. The summed E-state index contributed by atoms with van der Waals surface area (Å²) in [6.07, 6.45) is 3.62. The van der Waals surface area contributed by atoms with Gasteiger partial charge in [0.15, 0.2) is 0 Å². The molecule has 2 aromatic rings. The van der Waals surface area contributed by atoms with Crippen molar-refractivity contribution in [1.29, 1.82) is 0 Å². The van der Waals surface area contributed by atoms with Crippen LogP contribution in [0.25, 0.3) is 6.08 Å².